The Morgan fingerprint density at radius 3 is 2.87 bits per heavy atom. The zero-order valence-corrected chi connectivity index (χ0v) is 9.34. The van der Waals surface area contributed by atoms with Crippen LogP contribution in [0.4, 0.5) is 0 Å². The number of fused-ring (bicyclic) bond motifs is 1. The molecule has 0 aromatic heterocycles. The first kappa shape index (κ1) is 10.2. The fraction of sp³-hybridized carbons (Fsp3) is 0.462. The molecular formula is C13H17NO. The fourth-order valence-electron chi connectivity index (χ4n) is 1.98. The lowest BCUT2D eigenvalue weighted by molar-refractivity contribution is 0.0956. The van der Waals surface area contributed by atoms with Crippen molar-refractivity contribution in [2.45, 2.75) is 32.6 Å². The summed E-state index contributed by atoms with van der Waals surface area (Å²) in [5.74, 6) is 0.611. The molecule has 1 aromatic rings. The maximum absolute atomic E-state index is 11.7. The topological polar surface area (TPSA) is 29.1 Å². The number of carbonyl (C=O) groups is 1. The summed E-state index contributed by atoms with van der Waals surface area (Å²) >= 11 is 0. The van der Waals surface area contributed by atoms with Gasteiger partial charge in [0.15, 0.2) is 0 Å². The lowest BCUT2D eigenvalue weighted by Crippen LogP contribution is -2.22. The van der Waals surface area contributed by atoms with Crippen molar-refractivity contribution in [3.63, 3.8) is 0 Å². The van der Waals surface area contributed by atoms with Crippen LogP contribution in [0, 0.1) is 0 Å². The van der Waals surface area contributed by atoms with Gasteiger partial charge in [-0.15, -0.1) is 0 Å². The van der Waals surface area contributed by atoms with E-state index in [0.29, 0.717) is 5.92 Å². The van der Waals surface area contributed by atoms with Crippen LogP contribution in [0.5, 0.6) is 0 Å². The van der Waals surface area contributed by atoms with Crippen LogP contribution in [0.15, 0.2) is 18.2 Å². The first-order valence-corrected chi connectivity index (χ1v) is 5.59. The van der Waals surface area contributed by atoms with Crippen LogP contribution >= 0.6 is 0 Å². The minimum absolute atomic E-state index is 0.0813. The van der Waals surface area contributed by atoms with Crippen molar-refractivity contribution >= 4 is 5.91 Å². The van der Waals surface area contributed by atoms with Gasteiger partial charge in [-0.3, -0.25) is 4.79 Å². The molecule has 0 radical (unpaired) electrons. The molecule has 15 heavy (non-hydrogen) atoms. The summed E-state index contributed by atoms with van der Waals surface area (Å²) in [5.41, 5.74) is 3.39. The predicted octanol–water partition coefficient (Wildman–Crippen LogP) is 2.49. The molecule has 1 heterocycles. The summed E-state index contributed by atoms with van der Waals surface area (Å²) in [6.45, 7) is 5.15. The summed E-state index contributed by atoms with van der Waals surface area (Å²) in [6, 6.07) is 6.21. The molecule has 2 rings (SSSR count). The normalized spacial score (nSPS) is 15.8. The lowest BCUT2D eigenvalue weighted by Gasteiger charge is -2.10. The van der Waals surface area contributed by atoms with E-state index in [-0.39, 0.29) is 5.91 Å². The molecule has 0 atom stereocenters. The molecule has 0 saturated heterocycles. The van der Waals surface area contributed by atoms with E-state index in [1.807, 2.05) is 6.07 Å². The Morgan fingerprint density at radius 2 is 2.13 bits per heavy atom. The van der Waals surface area contributed by atoms with Gasteiger partial charge in [0.05, 0.1) is 0 Å². The zero-order chi connectivity index (χ0) is 10.8. The Labute approximate surface area is 90.7 Å². The average molecular weight is 203 g/mol. The monoisotopic (exact) mass is 203 g/mol. The molecule has 0 fully saturated rings. The van der Waals surface area contributed by atoms with Gasteiger partial charge in [0.2, 0.25) is 0 Å². The van der Waals surface area contributed by atoms with Crippen molar-refractivity contribution in [2.75, 3.05) is 6.54 Å². The van der Waals surface area contributed by atoms with Gasteiger partial charge in [-0.25, -0.2) is 0 Å². The van der Waals surface area contributed by atoms with Crippen molar-refractivity contribution in [3.8, 4) is 0 Å². The number of benzene rings is 1. The van der Waals surface area contributed by atoms with Crippen LogP contribution in [0.2, 0.25) is 0 Å². The van der Waals surface area contributed by atoms with Crippen LogP contribution in [-0.4, -0.2) is 12.5 Å². The van der Waals surface area contributed by atoms with E-state index in [2.05, 4.69) is 31.3 Å². The van der Waals surface area contributed by atoms with E-state index in [4.69, 9.17) is 0 Å². The van der Waals surface area contributed by atoms with E-state index in [1.165, 1.54) is 11.1 Å². The molecule has 0 unspecified atom stereocenters. The summed E-state index contributed by atoms with van der Waals surface area (Å²) in [4.78, 5) is 11.7. The van der Waals surface area contributed by atoms with E-state index in [1.54, 1.807) is 0 Å². The van der Waals surface area contributed by atoms with E-state index >= 15 is 0 Å². The lowest BCUT2D eigenvalue weighted by atomic mass is 9.95. The molecular weight excluding hydrogens is 186 g/mol. The zero-order valence-electron chi connectivity index (χ0n) is 9.34. The third-order valence-electron chi connectivity index (χ3n) is 2.95. The van der Waals surface area contributed by atoms with Crippen LogP contribution in [0.25, 0.3) is 0 Å². The van der Waals surface area contributed by atoms with Crippen LogP contribution in [0.1, 0.15) is 47.7 Å². The summed E-state index contributed by atoms with van der Waals surface area (Å²) in [5, 5.41) is 2.91. The standard InChI is InChI=1S/C13H17NO/c1-9(2)10-5-6-12-11(8-10)4-3-7-14-13(12)15/h5-6,8-9H,3-4,7H2,1-2H3,(H,14,15). The molecule has 2 heteroatoms. The van der Waals surface area contributed by atoms with Gasteiger partial charge in [-0.1, -0.05) is 26.0 Å². The van der Waals surface area contributed by atoms with Crippen molar-refractivity contribution in [2.24, 2.45) is 0 Å². The molecule has 0 bridgehead atoms. The number of carbonyl (C=O) groups excluding carboxylic acids is 1. The minimum atomic E-state index is 0.0813. The highest BCUT2D eigenvalue weighted by Crippen LogP contribution is 2.21. The van der Waals surface area contributed by atoms with Gasteiger partial charge >= 0.3 is 0 Å². The molecule has 80 valence electrons. The fourth-order valence-corrected chi connectivity index (χ4v) is 1.98. The average Bonchev–Trinajstić information content (AvgIpc) is 2.40. The number of hydrogen-bond donors (Lipinski definition) is 1. The summed E-state index contributed by atoms with van der Waals surface area (Å²) in [7, 11) is 0. The molecule has 0 spiro atoms. The summed E-state index contributed by atoms with van der Waals surface area (Å²) < 4.78 is 0. The number of nitrogens with one attached hydrogen (secondary N) is 1. The van der Waals surface area contributed by atoms with Crippen LogP contribution in [-0.2, 0) is 6.42 Å². The Morgan fingerprint density at radius 1 is 1.33 bits per heavy atom. The second kappa shape index (κ2) is 4.05. The number of hydrogen-bond acceptors (Lipinski definition) is 1. The van der Waals surface area contributed by atoms with Crippen molar-refractivity contribution < 1.29 is 4.79 Å². The van der Waals surface area contributed by atoms with Gasteiger partial charge in [-0.2, -0.15) is 0 Å². The molecule has 1 amide bonds. The Bertz CT molecular complexity index is 382. The largest absolute Gasteiger partial charge is 0.352 e. The number of aryl methyl sites for hydroxylation is 1. The SMILES string of the molecule is CC(C)c1ccc2c(c1)CCCNC2=O. The third-order valence-corrected chi connectivity index (χ3v) is 2.95. The van der Waals surface area contributed by atoms with E-state index in [0.717, 1.165) is 24.9 Å². The number of amides is 1. The highest BCUT2D eigenvalue weighted by molar-refractivity contribution is 5.96. The first-order chi connectivity index (χ1) is 7.18. The van der Waals surface area contributed by atoms with Gasteiger partial charge < -0.3 is 5.32 Å². The predicted molar refractivity (Wildman–Crippen MR) is 61.2 cm³/mol. The molecule has 0 saturated carbocycles. The molecule has 1 N–H and O–H groups in total. The highest BCUT2D eigenvalue weighted by atomic mass is 16.1. The minimum Gasteiger partial charge on any atom is -0.352 e. The van der Waals surface area contributed by atoms with Gasteiger partial charge in [0.25, 0.3) is 5.91 Å². The van der Waals surface area contributed by atoms with Crippen LogP contribution < -0.4 is 5.32 Å². The van der Waals surface area contributed by atoms with Crippen molar-refractivity contribution in [1.82, 2.24) is 5.32 Å². The molecule has 2 nitrogen and oxygen atoms in total. The van der Waals surface area contributed by atoms with E-state index < -0.39 is 0 Å². The first-order valence-electron chi connectivity index (χ1n) is 5.59. The summed E-state index contributed by atoms with van der Waals surface area (Å²) in [6.07, 6.45) is 2.05. The molecule has 1 aliphatic rings. The Kier molecular flexibility index (Phi) is 2.76. The Balaban J connectivity index is 2.42. The number of rotatable bonds is 1. The molecule has 0 aliphatic carbocycles. The molecule has 1 aromatic carbocycles. The second-order valence-electron chi connectivity index (χ2n) is 4.43. The molecule has 1 aliphatic heterocycles. The van der Waals surface area contributed by atoms with Gasteiger partial charge in [0, 0.05) is 12.1 Å². The quantitative estimate of drug-likeness (QED) is 0.746. The van der Waals surface area contributed by atoms with Crippen molar-refractivity contribution in [1.29, 1.82) is 0 Å². The van der Waals surface area contributed by atoms with Crippen molar-refractivity contribution in [3.05, 3.63) is 34.9 Å². The van der Waals surface area contributed by atoms with E-state index in [9.17, 15) is 4.79 Å². The highest BCUT2D eigenvalue weighted by Gasteiger charge is 2.15. The van der Waals surface area contributed by atoms with Crippen LogP contribution in [0.3, 0.4) is 0 Å². The second-order valence-corrected chi connectivity index (χ2v) is 4.43. The van der Waals surface area contributed by atoms with Gasteiger partial charge in [0.1, 0.15) is 0 Å². The maximum atomic E-state index is 11.7. The maximum Gasteiger partial charge on any atom is 0.251 e. The third kappa shape index (κ3) is 2.04. The Hall–Kier alpha value is -1.31. The van der Waals surface area contributed by atoms with Gasteiger partial charge in [-0.05, 0) is 36.0 Å². The smallest absolute Gasteiger partial charge is 0.251 e.